The molecule has 0 radical (unpaired) electrons. The highest BCUT2D eigenvalue weighted by molar-refractivity contribution is 5.73. The van der Waals surface area contributed by atoms with Gasteiger partial charge in [0.2, 0.25) is 0 Å². The summed E-state index contributed by atoms with van der Waals surface area (Å²) in [6.45, 7) is 3.31. The van der Waals surface area contributed by atoms with Crippen molar-refractivity contribution in [2.45, 2.75) is 20.3 Å². The molecule has 0 saturated carbocycles. The molecule has 2 aromatic rings. The van der Waals surface area contributed by atoms with Gasteiger partial charge in [0.05, 0.1) is 0 Å². The molecule has 0 aromatic heterocycles. The lowest BCUT2D eigenvalue weighted by Crippen LogP contribution is -2.10. The number of carboxylic acids is 1. The normalized spacial score (nSPS) is 10.8. The van der Waals surface area contributed by atoms with Gasteiger partial charge in [-0.1, -0.05) is 44.2 Å². The zero-order valence-corrected chi connectivity index (χ0v) is 13.0. The SMILES string of the molecule is CC(C)Cc1ccc(-c2ccccc2OCC(=O)O)c(F)c1F. The van der Waals surface area contributed by atoms with Crippen LogP contribution in [0.25, 0.3) is 11.1 Å². The molecule has 2 rings (SSSR count). The average Bonchev–Trinajstić information content (AvgIpc) is 2.50. The summed E-state index contributed by atoms with van der Waals surface area (Å²) in [5.41, 5.74) is 0.697. The van der Waals surface area contributed by atoms with Crippen LogP contribution >= 0.6 is 0 Å². The number of carbonyl (C=O) groups is 1. The molecule has 23 heavy (non-hydrogen) atoms. The Bertz CT molecular complexity index is 711. The van der Waals surface area contributed by atoms with Gasteiger partial charge in [-0.15, -0.1) is 0 Å². The van der Waals surface area contributed by atoms with Gasteiger partial charge < -0.3 is 9.84 Å². The van der Waals surface area contributed by atoms with Gasteiger partial charge in [0.15, 0.2) is 18.2 Å². The molecule has 0 aliphatic carbocycles. The Morgan fingerprint density at radius 2 is 1.78 bits per heavy atom. The Hall–Kier alpha value is -2.43. The van der Waals surface area contributed by atoms with Crippen molar-refractivity contribution in [2.24, 2.45) is 5.92 Å². The maximum atomic E-state index is 14.4. The van der Waals surface area contributed by atoms with Crippen LogP contribution in [0.2, 0.25) is 0 Å². The van der Waals surface area contributed by atoms with Gasteiger partial charge in [0, 0.05) is 11.1 Å². The smallest absolute Gasteiger partial charge is 0.341 e. The van der Waals surface area contributed by atoms with Gasteiger partial charge in [0.1, 0.15) is 5.75 Å². The van der Waals surface area contributed by atoms with Crippen LogP contribution in [-0.4, -0.2) is 17.7 Å². The fraction of sp³-hybridized carbons (Fsp3) is 0.278. The van der Waals surface area contributed by atoms with E-state index >= 15 is 0 Å². The predicted octanol–water partition coefficient (Wildman–Crippen LogP) is 4.29. The molecule has 0 spiro atoms. The van der Waals surface area contributed by atoms with E-state index in [1.54, 1.807) is 24.3 Å². The molecule has 0 atom stereocenters. The Morgan fingerprint density at radius 1 is 1.09 bits per heavy atom. The lowest BCUT2D eigenvalue weighted by molar-refractivity contribution is -0.139. The minimum atomic E-state index is -1.14. The summed E-state index contributed by atoms with van der Waals surface area (Å²) in [4.78, 5) is 10.6. The first kappa shape index (κ1) is 16.9. The highest BCUT2D eigenvalue weighted by atomic mass is 19.2. The molecule has 0 bridgehead atoms. The molecule has 5 heteroatoms. The number of hydrogen-bond acceptors (Lipinski definition) is 2. The monoisotopic (exact) mass is 320 g/mol. The van der Waals surface area contributed by atoms with Crippen molar-refractivity contribution in [1.29, 1.82) is 0 Å². The second-order valence-electron chi connectivity index (χ2n) is 5.68. The van der Waals surface area contributed by atoms with Crippen LogP contribution in [0.5, 0.6) is 5.75 Å². The largest absolute Gasteiger partial charge is 0.481 e. The third-order valence-electron chi connectivity index (χ3n) is 3.32. The number of halogens is 2. The van der Waals surface area contributed by atoms with Crippen LogP contribution in [0.1, 0.15) is 19.4 Å². The van der Waals surface area contributed by atoms with Crippen LogP contribution < -0.4 is 4.74 Å². The van der Waals surface area contributed by atoms with E-state index in [0.29, 0.717) is 17.5 Å². The minimum Gasteiger partial charge on any atom is -0.481 e. The molecule has 1 N–H and O–H groups in total. The van der Waals surface area contributed by atoms with Crippen molar-refractivity contribution in [3.63, 3.8) is 0 Å². The fourth-order valence-corrected chi connectivity index (χ4v) is 2.35. The topological polar surface area (TPSA) is 46.5 Å². The second-order valence-corrected chi connectivity index (χ2v) is 5.68. The Labute approximate surface area is 133 Å². The first-order valence-corrected chi connectivity index (χ1v) is 7.31. The third kappa shape index (κ3) is 4.06. The lowest BCUT2D eigenvalue weighted by atomic mass is 9.97. The van der Waals surface area contributed by atoms with Crippen molar-refractivity contribution in [3.8, 4) is 16.9 Å². The van der Waals surface area contributed by atoms with Crippen LogP contribution in [0.4, 0.5) is 8.78 Å². The Kier molecular flexibility index (Phi) is 5.32. The standard InChI is InChI=1S/C18H18F2O3/c1-11(2)9-12-7-8-14(18(20)17(12)19)13-5-3-4-6-15(13)23-10-16(21)22/h3-8,11H,9-10H2,1-2H3,(H,21,22). The van der Waals surface area contributed by atoms with E-state index in [4.69, 9.17) is 9.84 Å². The zero-order valence-electron chi connectivity index (χ0n) is 13.0. The number of benzene rings is 2. The molecule has 2 aromatic carbocycles. The molecule has 0 unspecified atom stereocenters. The number of ether oxygens (including phenoxy) is 1. The van der Waals surface area contributed by atoms with Crippen molar-refractivity contribution >= 4 is 5.97 Å². The molecule has 0 aliphatic heterocycles. The molecule has 122 valence electrons. The fourth-order valence-electron chi connectivity index (χ4n) is 2.35. The molecule has 0 fully saturated rings. The van der Waals surface area contributed by atoms with Crippen LogP contribution in [0.15, 0.2) is 36.4 Å². The molecule has 0 amide bonds. The number of hydrogen-bond donors (Lipinski definition) is 1. The maximum absolute atomic E-state index is 14.4. The van der Waals surface area contributed by atoms with E-state index in [2.05, 4.69) is 0 Å². The van der Waals surface area contributed by atoms with Crippen LogP contribution in [-0.2, 0) is 11.2 Å². The quantitative estimate of drug-likeness (QED) is 0.863. The first-order valence-electron chi connectivity index (χ1n) is 7.31. The van der Waals surface area contributed by atoms with Gasteiger partial charge >= 0.3 is 5.97 Å². The van der Waals surface area contributed by atoms with E-state index in [1.807, 2.05) is 13.8 Å². The van der Waals surface area contributed by atoms with Gasteiger partial charge in [0.25, 0.3) is 0 Å². The van der Waals surface area contributed by atoms with E-state index in [-0.39, 0.29) is 17.2 Å². The summed E-state index contributed by atoms with van der Waals surface area (Å²) in [7, 11) is 0. The van der Waals surface area contributed by atoms with Crippen molar-refractivity contribution in [3.05, 3.63) is 53.6 Å². The Balaban J connectivity index is 2.43. The molecule has 0 saturated heterocycles. The average molecular weight is 320 g/mol. The lowest BCUT2D eigenvalue weighted by Gasteiger charge is -2.13. The van der Waals surface area contributed by atoms with Crippen molar-refractivity contribution < 1.29 is 23.4 Å². The van der Waals surface area contributed by atoms with Crippen molar-refractivity contribution in [2.75, 3.05) is 6.61 Å². The number of para-hydroxylation sites is 1. The van der Waals surface area contributed by atoms with E-state index in [0.717, 1.165) is 0 Å². The van der Waals surface area contributed by atoms with Crippen LogP contribution in [0.3, 0.4) is 0 Å². The maximum Gasteiger partial charge on any atom is 0.341 e. The summed E-state index contributed by atoms with van der Waals surface area (Å²) in [6, 6.07) is 9.44. The number of rotatable bonds is 6. The van der Waals surface area contributed by atoms with Crippen LogP contribution in [0, 0.1) is 17.6 Å². The number of carboxylic acid groups (broad SMARTS) is 1. The molecule has 3 nitrogen and oxygen atoms in total. The number of aliphatic carboxylic acids is 1. The van der Waals surface area contributed by atoms with Gasteiger partial charge in [-0.3, -0.25) is 0 Å². The second kappa shape index (κ2) is 7.22. The summed E-state index contributed by atoms with van der Waals surface area (Å²) >= 11 is 0. The van der Waals surface area contributed by atoms with Gasteiger partial charge in [-0.2, -0.15) is 0 Å². The van der Waals surface area contributed by atoms with Gasteiger partial charge in [-0.05, 0) is 24.0 Å². The summed E-state index contributed by atoms with van der Waals surface area (Å²) in [6.07, 6.45) is 0.445. The zero-order chi connectivity index (χ0) is 17.0. The third-order valence-corrected chi connectivity index (χ3v) is 3.32. The molecule has 0 heterocycles. The predicted molar refractivity (Wildman–Crippen MR) is 83.5 cm³/mol. The minimum absolute atomic E-state index is 0.0518. The first-order chi connectivity index (χ1) is 10.9. The summed E-state index contributed by atoms with van der Waals surface area (Å²) in [5.74, 6) is -2.55. The Morgan fingerprint density at radius 3 is 2.43 bits per heavy atom. The van der Waals surface area contributed by atoms with E-state index in [1.165, 1.54) is 12.1 Å². The summed E-state index contributed by atoms with van der Waals surface area (Å²) in [5, 5.41) is 8.70. The highest BCUT2D eigenvalue weighted by Gasteiger charge is 2.18. The summed E-state index contributed by atoms with van der Waals surface area (Å²) < 4.78 is 33.8. The highest BCUT2D eigenvalue weighted by Crippen LogP contribution is 2.33. The molecular weight excluding hydrogens is 302 g/mol. The molecule has 0 aliphatic rings. The van der Waals surface area contributed by atoms with E-state index < -0.39 is 24.2 Å². The van der Waals surface area contributed by atoms with Crippen molar-refractivity contribution in [1.82, 2.24) is 0 Å². The van der Waals surface area contributed by atoms with E-state index in [9.17, 15) is 13.6 Å². The van der Waals surface area contributed by atoms with Gasteiger partial charge in [-0.25, -0.2) is 13.6 Å². The molecular formula is C18H18F2O3.